The lowest BCUT2D eigenvalue weighted by molar-refractivity contribution is -0.125. The molecule has 1 atom stereocenters. The first-order valence-corrected chi connectivity index (χ1v) is 13.7. The molecule has 0 aliphatic carbocycles. The number of unbranched alkanes of at least 4 members (excludes halogenated alkanes) is 3. The molecule has 1 aromatic carbocycles. The average molecular weight is 443 g/mol. The Morgan fingerprint density at radius 3 is 2.17 bits per heavy atom. The van der Waals surface area contributed by atoms with Crippen LogP contribution in [0, 0.1) is 0 Å². The molecular weight excluding hydrogens is 407 g/mol. The second kappa shape index (κ2) is 13.7. The first kappa shape index (κ1) is 25.6. The molecule has 0 aliphatic rings. The second-order valence-corrected chi connectivity index (χ2v) is 11.4. The molecule has 0 spiro atoms. The summed E-state index contributed by atoms with van der Waals surface area (Å²) >= 11 is 1.22. The average Bonchev–Trinajstić information content (AvgIpc) is 2.70. The Hall–Kier alpha value is -1.46. The number of nitrogens with zero attached hydrogens (tertiary/aromatic N) is 2. The number of likely N-dealkylation sites (N-methyl/N-ethyl adjacent to an activating group) is 1. The molecule has 2 amide bonds. The lowest BCUT2D eigenvalue weighted by Crippen LogP contribution is -2.38. The molecular formula is C21H35N2O4PS. The maximum atomic E-state index is 14.1. The van der Waals surface area contributed by atoms with Crippen molar-refractivity contribution >= 4 is 30.0 Å². The lowest BCUT2D eigenvalue weighted by atomic mass is 10.1. The Morgan fingerprint density at radius 2 is 1.62 bits per heavy atom. The highest BCUT2D eigenvalue weighted by atomic mass is 32.7. The predicted octanol–water partition coefficient (Wildman–Crippen LogP) is 5.98. The van der Waals surface area contributed by atoms with Crippen LogP contribution in [0.1, 0.15) is 58.9 Å². The van der Waals surface area contributed by atoms with Gasteiger partial charge in [-0.3, -0.25) is 14.0 Å². The Bertz CT molecular complexity index is 672. The third-order valence-corrected chi connectivity index (χ3v) is 10.2. The van der Waals surface area contributed by atoms with Crippen LogP contribution in [0.2, 0.25) is 0 Å². The third kappa shape index (κ3) is 7.71. The molecule has 6 nitrogen and oxygen atoms in total. The topological polar surface area (TPSA) is 66.9 Å². The highest BCUT2D eigenvalue weighted by Crippen LogP contribution is 2.64. The minimum absolute atomic E-state index is 0.148. The summed E-state index contributed by atoms with van der Waals surface area (Å²) in [5.41, 5.74) is 0.856. The van der Waals surface area contributed by atoms with Crippen LogP contribution in [0.3, 0.4) is 0 Å². The van der Waals surface area contributed by atoms with Gasteiger partial charge < -0.3 is 4.74 Å². The predicted molar refractivity (Wildman–Crippen MR) is 121 cm³/mol. The SMILES string of the molecule is CCCCCCSP(=O)(N(CC)C(=O)Cc1ccccc1)N(CC)C(=O)OCC. The van der Waals surface area contributed by atoms with Crippen molar-refractivity contribution in [2.75, 3.05) is 25.4 Å². The van der Waals surface area contributed by atoms with Crippen LogP contribution in [0.4, 0.5) is 4.79 Å². The van der Waals surface area contributed by atoms with Crippen molar-refractivity contribution < 1.29 is 18.9 Å². The van der Waals surface area contributed by atoms with E-state index in [0.29, 0.717) is 5.75 Å². The molecule has 0 aromatic heterocycles. The fraction of sp³-hybridized carbons (Fsp3) is 0.619. The van der Waals surface area contributed by atoms with Crippen LogP contribution in [0.5, 0.6) is 0 Å². The smallest absolute Gasteiger partial charge is 0.417 e. The summed E-state index contributed by atoms with van der Waals surface area (Å²) < 4.78 is 21.9. The van der Waals surface area contributed by atoms with E-state index in [2.05, 4.69) is 6.92 Å². The van der Waals surface area contributed by atoms with Gasteiger partial charge in [-0.15, -0.1) is 0 Å². The van der Waals surface area contributed by atoms with Gasteiger partial charge in [0, 0.05) is 18.8 Å². The van der Waals surface area contributed by atoms with Crippen LogP contribution in [-0.4, -0.2) is 46.8 Å². The zero-order chi connectivity index (χ0) is 21.7. The van der Waals surface area contributed by atoms with E-state index in [1.54, 1.807) is 20.8 Å². The van der Waals surface area contributed by atoms with Gasteiger partial charge in [0.15, 0.2) is 0 Å². The molecule has 0 bridgehead atoms. The van der Waals surface area contributed by atoms with E-state index in [-0.39, 0.29) is 32.0 Å². The summed E-state index contributed by atoms with van der Waals surface area (Å²) in [6.45, 7) is 4.58. The van der Waals surface area contributed by atoms with Gasteiger partial charge in [0.25, 0.3) is 0 Å². The number of ether oxygens (including phenoxy) is 1. The van der Waals surface area contributed by atoms with E-state index < -0.39 is 12.7 Å². The van der Waals surface area contributed by atoms with Crippen LogP contribution < -0.4 is 0 Å². The van der Waals surface area contributed by atoms with E-state index in [1.165, 1.54) is 20.7 Å². The molecule has 164 valence electrons. The first-order valence-electron chi connectivity index (χ1n) is 10.5. The van der Waals surface area contributed by atoms with E-state index in [4.69, 9.17) is 4.74 Å². The second-order valence-electron chi connectivity index (χ2n) is 6.57. The molecule has 0 saturated carbocycles. The van der Waals surface area contributed by atoms with Gasteiger partial charge in [-0.25, -0.2) is 9.46 Å². The minimum Gasteiger partial charge on any atom is -0.449 e. The van der Waals surface area contributed by atoms with Gasteiger partial charge in [-0.1, -0.05) is 67.9 Å². The maximum Gasteiger partial charge on any atom is 0.417 e. The number of carbonyl (C=O) groups is 2. The van der Waals surface area contributed by atoms with Gasteiger partial charge in [-0.2, -0.15) is 0 Å². The number of carbonyl (C=O) groups excluding carboxylic acids is 2. The van der Waals surface area contributed by atoms with Crippen molar-refractivity contribution in [1.29, 1.82) is 0 Å². The Balaban J connectivity index is 3.11. The maximum absolute atomic E-state index is 14.1. The van der Waals surface area contributed by atoms with Crippen LogP contribution in [-0.2, 0) is 20.5 Å². The zero-order valence-electron chi connectivity index (χ0n) is 18.1. The Labute approximate surface area is 179 Å². The highest BCUT2D eigenvalue weighted by Gasteiger charge is 2.42. The Morgan fingerprint density at radius 1 is 0.966 bits per heavy atom. The van der Waals surface area contributed by atoms with Crippen molar-refractivity contribution in [3.05, 3.63) is 35.9 Å². The molecule has 0 aliphatic heterocycles. The van der Waals surface area contributed by atoms with Gasteiger partial charge in [0.2, 0.25) is 5.91 Å². The summed E-state index contributed by atoms with van der Waals surface area (Å²) in [4.78, 5) is 25.6. The summed E-state index contributed by atoms with van der Waals surface area (Å²) in [5.74, 6) is 0.383. The number of rotatable bonds is 13. The van der Waals surface area contributed by atoms with Crippen molar-refractivity contribution in [2.45, 2.75) is 59.8 Å². The fourth-order valence-electron chi connectivity index (χ4n) is 2.95. The van der Waals surface area contributed by atoms with E-state index >= 15 is 0 Å². The molecule has 0 radical (unpaired) electrons. The normalized spacial score (nSPS) is 12.8. The van der Waals surface area contributed by atoms with E-state index in [0.717, 1.165) is 31.2 Å². The summed E-state index contributed by atoms with van der Waals surface area (Å²) in [6.07, 6.45) is 3.68. The summed E-state index contributed by atoms with van der Waals surface area (Å²) in [5, 5.41) is 0. The van der Waals surface area contributed by atoms with Crippen LogP contribution >= 0.6 is 18.0 Å². The van der Waals surface area contributed by atoms with E-state index in [1.807, 2.05) is 30.3 Å². The molecule has 0 fully saturated rings. The molecule has 0 saturated heterocycles. The standard InChI is InChI=1S/C21H35N2O4PS/c1-5-9-10-14-17-29-28(26,23(7-3)21(25)27-8-4)22(6-2)20(24)18-19-15-12-11-13-16-19/h11-13,15-16H,5-10,14,17-18H2,1-4H3. The van der Waals surface area contributed by atoms with Gasteiger partial charge >= 0.3 is 12.7 Å². The summed E-state index contributed by atoms with van der Waals surface area (Å²) in [6, 6.07) is 9.38. The quantitative estimate of drug-likeness (QED) is 0.278. The number of amides is 2. The van der Waals surface area contributed by atoms with Crippen molar-refractivity contribution in [3.8, 4) is 0 Å². The number of hydrogen-bond acceptors (Lipinski definition) is 5. The Kier molecular flexibility index (Phi) is 12.1. The van der Waals surface area contributed by atoms with Gasteiger partial charge in [-0.05, 0) is 32.8 Å². The van der Waals surface area contributed by atoms with Crippen molar-refractivity contribution in [2.24, 2.45) is 0 Å². The molecule has 0 N–H and O–H groups in total. The monoisotopic (exact) mass is 442 g/mol. The third-order valence-electron chi connectivity index (χ3n) is 4.43. The molecule has 1 rings (SSSR count). The van der Waals surface area contributed by atoms with Gasteiger partial charge in [0.1, 0.15) is 0 Å². The minimum atomic E-state index is -3.51. The van der Waals surface area contributed by atoms with Gasteiger partial charge in [0.05, 0.1) is 13.0 Å². The number of benzene rings is 1. The van der Waals surface area contributed by atoms with Crippen molar-refractivity contribution in [3.63, 3.8) is 0 Å². The molecule has 1 unspecified atom stereocenters. The first-order chi connectivity index (χ1) is 13.9. The molecule has 1 aromatic rings. The lowest BCUT2D eigenvalue weighted by Gasteiger charge is -2.37. The van der Waals surface area contributed by atoms with Crippen molar-refractivity contribution in [1.82, 2.24) is 9.34 Å². The van der Waals surface area contributed by atoms with Crippen LogP contribution in [0.25, 0.3) is 0 Å². The van der Waals surface area contributed by atoms with Crippen LogP contribution in [0.15, 0.2) is 30.3 Å². The summed E-state index contributed by atoms with van der Waals surface area (Å²) in [7, 11) is 0. The zero-order valence-corrected chi connectivity index (χ0v) is 19.8. The highest BCUT2D eigenvalue weighted by molar-refractivity contribution is 8.56. The largest absolute Gasteiger partial charge is 0.449 e. The molecule has 0 heterocycles. The fourth-order valence-corrected chi connectivity index (χ4v) is 8.49. The molecule has 8 heteroatoms. The van der Waals surface area contributed by atoms with E-state index in [9.17, 15) is 14.2 Å². The number of hydrogen-bond donors (Lipinski definition) is 0. The molecule has 29 heavy (non-hydrogen) atoms.